The topological polar surface area (TPSA) is 64.3 Å². The molecule has 0 aliphatic carbocycles. The lowest BCUT2D eigenvalue weighted by molar-refractivity contribution is -0.124. The average molecular weight is 258 g/mol. The van der Waals surface area contributed by atoms with Crippen molar-refractivity contribution in [2.75, 3.05) is 13.2 Å². The minimum absolute atomic E-state index is 0.123. The van der Waals surface area contributed by atoms with Gasteiger partial charge in [-0.3, -0.25) is 4.79 Å². The van der Waals surface area contributed by atoms with E-state index in [1.165, 1.54) is 0 Å². The van der Waals surface area contributed by atoms with Gasteiger partial charge in [-0.15, -0.1) is 0 Å². The van der Waals surface area contributed by atoms with Crippen molar-refractivity contribution in [2.24, 2.45) is 5.73 Å². The molecule has 0 bridgehead atoms. The second-order valence-electron chi connectivity index (χ2n) is 4.09. The van der Waals surface area contributed by atoms with Gasteiger partial charge in [0.05, 0.1) is 0 Å². The van der Waals surface area contributed by atoms with Gasteiger partial charge >= 0.3 is 0 Å². The van der Waals surface area contributed by atoms with Gasteiger partial charge in [-0.05, 0) is 25.6 Å². The number of carbonyl (C=O) groups excluding carboxylic acids is 1. The molecular weight excluding hydrogens is 242 g/mol. The Morgan fingerprint density at radius 2 is 2.17 bits per heavy atom. The number of likely N-dealkylation sites (N-methyl/N-ethyl adjacent to an activating group) is 1. The summed E-state index contributed by atoms with van der Waals surface area (Å²) >= 11 is 0. The molecule has 1 aromatic rings. The van der Waals surface area contributed by atoms with Gasteiger partial charge in [-0.2, -0.15) is 0 Å². The van der Waals surface area contributed by atoms with Gasteiger partial charge in [0.15, 0.2) is 11.6 Å². The maximum Gasteiger partial charge on any atom is 0.240 e. The molecule has 0 fully saturated rings. The Morgan fingerprint density at radius 1 is 1.50 bits per heavy atom. The lowest BCUT2D eigenvalue weighted by Gasteiger charge is -2.26. The van der Waals surface area contributed by atoms with E-state index in [2.05, 4.69) is 5.32 Å². The number of halogens is 2. The molecule has 1 amide bonds. The zero-order chi connectivity index (χ0) is 13.8. The highest BCUT2D eigenvalue weighted by molar-refractivity contribution is 5.84. The highest BCUT2D eigenvalue weighted by atomic mass is 19.1. The van der Waals surface area contributed by atoms with Crippen molar-refractivity contribution in [3.63, 3.8) is 0 Å². The number of primary amides is 1. The first kappa shape index (κ1) is 14.4. The van der Waals surface area contributed by atoms with Crippen LogP contribution in [-0.2, 0) is 4.79 Å². The van der Waals surface area contributed by atoms with E-state index >= 15 is 0 Å². The van der Waals surface area contributed by atoms with Gasteiger partial charge < -0.3 is 15.8 Å². The summed E-state index contributed by atoms with van der Waals surface area (Å²) in [6.45, 7) is 3.73. The highest BCUT2D eigenvalue weighted by Gasteiger charge is 2.31. The van der Waals surface area contributed by atoms with Crippen LogP contribution in [0.2, 0.25) is 0 Å². The quantitative estimate of drug-likeness (QED) is 0.805. The summed E-state index contributed by atoms with van der Waals surface area (Å²) in [5.41, 5.74) is 4.15. The first-order chi connectivity index (χ1) is 8.39. The van der Waals surface area contributed by atoms with Crippen LogP contribution in [0.4, 0.5) is 8.78 Å². The Morgan fingerprint density at radius 3 is 2.67 bits per heavy atom. The van der Waals surface area contributed by atoms with E-state index in [1.54, 1.807) is 13.8 Å². The predicted octanol–water partition coefficient (Wildman–Crippen LogP) is 1.20. The minimum atomic E-state index is -1.10. The summed E-state index contributed by atoms with van der Waals surface area (Å²) in [6, 6.07) is 2.95. The average Bonchev–Trinajstić information content (AvgIpc) is 2.28. The fraction of sp³-hybridized carbons (Fsp3) is 0.417. The third kappa shape index (κ3) is 3.40. The molecule has 0 saturated heterocycles. The molecular formula is C12H16F2N2O2. The number of hydrogen-bond acceptors (Lipinski definition) is 3. The Labute approximate surface area is 104 Å². The van der Waals surface area contributed by atoms with Crippen molar-refractivity contribution < 1.29 is 18.3 Å². The van der Waals surface area contributed by atoms with Crippen LogP contribution in [0.3, 0.4) is 0 Å². The summed E-state index contributed by atoms with van der Waals surface area (Å²) in [4.78, 5) is 11.3. The molecule has 0 aliphatic rings. The van der Waals surface area contributed by atoms with Crippen LogP contribution < -0.4 is 15.8 Å². The molecule has 0 spiro atoms. The van der Waals surface area contributed by atoms with E-state index in [0.29, 0.717) is 12.6 Å². The first-order valence-electron chi connectivity index (χ1n) is 5.52. The minimum Gasteiger partial charge on any atom is -0.488 e. The molecule has 0 heterocycles. The number of nitrogens with two attached hydrogens (primary N) is 1. The molecule has 1 rings (SSSR count). The third-order valence-electron chi connectivity index (χ3n) is 2.52. The van der Waals surface area contributed by atoms with Crippen LogP contribution in [0.5, 0.6) is 5.75 Å². The molecule has 1 aromatic carbocycles. The van der Waals surface area contributed by atoms with E-state index in [1.807, 2.05) is 0 Å². The SMILES string of the molecule is CCNC(C)(COc1ccc(F)cc1F)C(N)=O. The molecule has 6 heteroatoms. The number of amides is 1. The van der Waals surface area contributed by atoms with E-state index in [0.717, 1.165) is 12.1 Å². The largest absolute Gasteiger partial charge is 0.488 e. The van der Waals surface area contributed by atoms with Crippen molar-refractivity contribution in [1.29, 1.82) is 0 Å². The summed E-state index contributed by atoms with van der Waals surface area (Å²) in [5.74, 6) is -2.24. The second kappa shape index (κ2) is 5.77. The van der Waals surface area contributed by atoms with E-state index in [-0.39, 0.29) is 12.4 Å². The third-order valence-corrected chi connectivity index (χ3v) is 2.52. The first-order valence-corrected chi connectivity index (χ1v) is 5.52. The van der Waals surface area contributed by atoms with E-state index < -0.39 is 23.1 Å². The standard InChI is InChI=1S/C12H16F2N2O2/c1-3-16-12(2,11(15)17)7-18-10-5-4-8(13)6-9(10)14/h4-6,16H,3,7H2,1-2H3,(H2,15,17). The molecule has 3 N–H and O–H groups in total. The Balaban J connectivity index is 2.76. The molecule has 0 saturated carbocycles. The van der Waals surface area contributed by atoms with Crippen LogP contribution in [0.1, 0.15) is 13.8 Å². The molecule has 0 aliphatic heterocycles. The Bertz CT molecular complexity index is 440. The smallest absolute Gasteiger partial charge is 0.240 e. The van der Waals surface area contributed by atoms with Crippen LogP contribution in [-0.4, -0.2) is 24.6 Å². The zero-order valence-corrected chi connectivity index (χ0v) is 10.3. The lowest BCUT2D eigenvalue weighted by Crippen LogP contribution is -2.57. The van der Waals surface area contributed by atoms with Crippen molar-refractivity contribution in [3.05, 3.63) is 29.8 Å². The van der Waals surface area contributed by atoms with E-state index in [9.17, 15) is 13.6 Å². The number of rotatable bonds is 6. The van der Waals surface area contributed by atoms with Crippen molar-refractivity contribution >= 4 is 5.91 Å². The lowest BCUT2D eigenvalue weighted by atomic mass is 10.0. The van der Waals surface area contributed by atoms with Crippen molar-refractivity contribution in [3.8, 4) is 5.75 Å². The number of nitrogens with one attached hydrogen (secondary N) is 1. The van der Waals surface area contributed by atoms with Gasteiger partial charge in [0.2, 0.25) is 5.91 Å². The normalized spacial score (nSPS) is 14.0. The van der Waals surface area contributed by atoms with Crippen LogP contribution in [0.25, 0.3) is 0 Å². The van der Waals surface area contributed by atoms with E-state index in [4.69, 9.17) is 10.5 Å². The second-order valence-corrected chi connectivity index (χ2v) is 4.09. The zero-order valence-electron chi connectivity index (χ0n) is 10.3. The van der Waals surface area contributed by atoms with Crippen molar-refractivity contribution in [1.82, 2.24) is 5.32 Å². The maximum atomic E-state index is 13.3. The molecule has 18 heavy (non-hydrogen) atoms. The number of carbonyl (C=O) groups is 1. The summed E-state index contributed by atoms with van der Waals surface area (Å²) in [7, 11) is 0. The van der Waals surface area contributed by atoms with Gasteiger partial charge in [-0.1, -0.05) is 6.92 Å². The molecule has 0 aromatic heterocycles. The van der Waals surface area contributed by atoms with Crippen molar-refractivity contribution in [2.45, 2.75) is 19.4 Å². The fourth-order valence-electron chi connectivity index (χ4n) is 1.41. The Hall–Kier alpha value is -1.69. The van der Waals surface area contributed by atoms with Gasteiger partial charge in [-0.25, -0.2) is 8.78 Å². The fourth-order valence-corrected chi connectivity index (χ4v) is 1.41. The van der Waals surface area contributed by atoms with Gasteiger partial charge in [0.25, 0.3) is 0 Å². The monoisotopic (exact) mass is 258 g/mol. The summed E-state index contributed by atoms with van der Waals surface area (Å²) < 4.78 is 31.2. The van der Waals surface area contributed by atoms with Gasteiger partial charge in [0.1, 0.15) is 18.0 Å². The number of benzene rings is 1. The number of ether oxygens (including phenoxy) is 1. The highest BCUT2D eigenvalue weighted by Crippen LogP contribution is 2.19. The molecule has 100 valence electrons. The number of hydrogen-bond donors (Lipinski definition) is 2. The summed E-state index contributed by atoms with van der Waals surface area (Å²) in [6.07, 6.45) is 0. The maximum absolute atomic E-state index is 13.3. The molecule has 1 atom stereocenters. The molecule has 4 nitrogen and oxygen atoms in total. The van der Waals surface area contributed by atoms with Crippen LogP contribution >= 0.6 is 0 Å². The van der Waals surface area contributed by atoms with Crippen LogP contribution in [0, 0.1) is 11.6 Å². The molecule has 1 unspecified atom stereocenters. The molecule has 0 radical (unpaired) electrons. The van der Waals surface area contributed by atoms with Gasteiger partial charge in [0, 0.05) is 6.07 Å². The predicted molar refractivity (Wildman–Crippen MR) is 63.1 cm³/mol. The Kier molecular flexibility index (Phi) is 4.61. The van der Waals surface area contributed by atoms with Crippen LogP contribution in [0.15, 0.2) is 18.2 Å². The summed E-state index contributed by atoms with van der Waals surface area (Å²) in [5, 5.41) is 2.86.